The third-order valence-electron chi connectivity index (χ3n) is 7.47. The highest BCUT2D eigenvalue weighted by Crippen LogP contribution is 2.67. The van der Waals surface area contributed by atoms with Crippen molar-refractivity contribution in [1.29, 1.82) is 0 Å². The summed E-state index contributed by atoms with van der Waals surface area (Å²) in [5.41, 5.74) is 0.119. The zero-order chi connectivity index (χ0) is 16.5. The molecule has 0 aromatic rings. The van der Waals surface area contributed by atoms with Gasteiger partial charge in [0.25, 0.3) is 0 Å². The third kappa shape index (κ3) is 2.65. The van der Waals surface area contributed by atoms with Gasteiger partial charge >= 0.3 is 0 Å². The van der Waals surface area contributed by atoms with E-state index in [0.29, 0.717) is 11.5 Å². The average molecular weight is 447 g/mol. The summed E-state index contributed by atoms with van der Waals surface area (Å²) in [5, 5.41) is 3.53. The molecule has 5 rings (SSSR count). The Morgan fingerprint density at radius 2 is 1.61 bits per heavy atom. The number of halogens is 2. The number of carbonyl (C=O) groups excluding carboxylic acids is 1. The smallest absolute Gasteiger partial charge is 0.228 e. The summed E-state index contributed by atoms with van der Waals surface area (Å²) in [6.45, 7) is 4.34. The van der Waals surface area contributed by atoms with Crippen molar-refractivity contribution < 1.29 is 4.79 Å². The predicted molar refractivity (Wildman–Crippen MR) is 101 cm³/mol. The van der Waals surface area contributed by atoms with Crippen LogP contribution in [0.1, 0.15) is 71.6 Å². The van der Waals surface area contributed by atoms with Gasteiger partial charge in [-0.2, -0.15) is 0 Å². The van der Waals surface area contributed by atoms with E-state index < -0.39 is 0 Å². The molecule has 0 heterocycles. The molecule has 2 atom stereocenters. The zero-order valence-electron chi connectivity index (χ0n) is 14.3. The third-order valence-corrected chi connectivity index (χ3v) is 9.78. The van der Waals surface area contributed by atoms with Crippen LogP contribution in [0.15, 0.2) is 0 Å². The molecule has 5 fully saturated rings. The Bertz CT molecular complexity index is 482. The largest absolute Gasteiger partial charge is 0.352 e. The van der Waals surface area contributed by atoms with Crippen LogP contribution >= 0.6 is 31.9 Å². The van der Waals surface area contributed by atoms with Crippen molar-refractivity contribution in [2.45, 2.75) is 80.9 Å². The molecule has 0 spiro atoms. The van der Waals surface area contributed by atoms with E-state index in [4.69, 9.17) is 0 Å². The van der Waals surface area contributed by atoms with Crippen molar-refractivity contribution in [2.24, 2.45) is 28.6 Å². The van der Waals surface area contributed by atoms with Crippen molar-refractivity contribution in [1.82, 2.24) is 5.32 Å². The van der Waals surface area contributed by atoms with Crippen LogP contribution in [0.5, 0.6) is 0 Å². The molecule has 0 aromatic carbocycles. The summed E-state index contributed by atoms with van der Waals surface area (Å²) in [7, 11) is 0. The molecule has 0 saturated heterocycles. The van der Waals surface area contributed by atoms with E-state index in [2.05, 4.69) is 51.0 Å². The van der Waals surface area contributed by atoms with Gasteiger partial charge in [0.15, 0.2) is 0 Å². The summed E-state index contributed by atoms with van der Waals surface area (Å²) in [4.78, 5) is 12.9. The predicted octanol–water partition coefficient (Wildman–Crippen LogP) is 5.38. The van der Waals surface area contributed by atoms with Gasteiger partial charge in [-0.3, -0.25) is 4.79 Å². The Balaban J connectivity index is 1.53. The van der Waals surface area contributed by atoms with Gasteiger partial charge in [-0.1, -0.05) is 45.2 Å². The molecular formula is C19H29Br2NO. The molecule has 0 aliphatic heterocycles. The maximum absolute atomic E-state index is 12.9. The van der Waals surface area contributed by atoms with Gasteiger partial charge in [0.1, 0.15) is 0 Å². The maximum atomic E-state index is 12.9. The number of carbonyl (C=O) groups is 1. The first-order valence-electron chi connectivity index (χ1n) is 9.47. The summed E-state index contributed by atoms with van der Waals surface area (Å²) in [6.07, 6.45) is 11.7. The minimum atomic E-state index is -0.290. The number of hydrogen-bond donors (Lipinski definition) is 1. The van der Waals surface area contributed by atoms with Crippen LogP contribution in [0.4, 0.5) is 0 Å². The lowest BCUT2D eigenvalue weighted by Gasteiger charge is -2.59. The van der Waals surface area contributed by atoms with Crippen molar-refractivity contribution in [3.05, 3.63) is 0 Å². The van der Waals surface area contributed by atoms with Gasteiger partial charge in [0.2, 0.25) is 5.91 Å². The molecule has 130 valence electrons. The number of alkyl halides is 2. The molecule has 2 nitrogen and oxygen atoms in total. The van der Waals surface area contributed by atoms with Gasteiger partial charge in [-0.25, -0.2) is 0 Å². The molecule has 4 bridgehead atoms. The molecule has 1 amide bonds. The normalized spacial score (nSPS) is 47.4. The summed E-state index contributed by atoms with van der Waals surface area (Å²) >= 11 is 7.32. The zero-order valence-corrected chi connectivity index (χ0v) is 17.5. The second-order valence-electron chi connectivity index (χ2n) is 9.31. The number of amides is 1. The number of hydrogen-bond acceptors (Lipinski definition) is 1. The second kappa shape index (κ2) is 5.46. The van der Waals surface area contributed by atoms with Crippen molar-refractivity contribution >= 4 is 37.8 Å². The Kier molecular flexibility index (Phi) is 4.01. The van der Waals surface area contributed by atoms with E-state index in [-0.39, 0.29) is 14.6 Å². The molecule has 5 saturated carbocycles. The molecule has 2 unspecified atom stereocenters. The molecule has 23 heavy (non-hydrogen) atoms. The fraction of sp³-hybridized carbons (Fsp3) is 0.947. The SMILES string of the molecule is CCCC(NC(=O)C1(C)CC1(Br)Br)C12CC3CC(CC(C3)C1)C2. The van der Waals surface area contributed by atoms with E-state index in [0.717, 1.165) is 37.0 Å². The molecular weight excluding hydrogens is 418 g/mol. The Labute approximate surface area is 157 Å². The Morgan fingerprint density at radius 3 is 2.00 bits per heavy atom. The highest BCUT2D eigenvalue weighted by molar-refractivity contribution is 9.25. The lowest BCUT2D eigenvalue weighted by molar-refractivity contribution is -0.131. The Hall–Kier alpha value is 0.430. The molecule has 5 aliphatic rings. The van der Waals surface area contributed by atoms with Gasteiger partial charge in [0.05, 0.1) is 8.65 Å². The van der Waals surface area contributed by atoms with Crippen LogP contribution in [-0.2, 0) is 4.79 Å². The van der Waals surface area contributed by atoms with Crippen LogP contribution in [0.25, 0.3) is 0 Å². The van der Waals surface area contributed by atoms with Crippen LogP contribution in [0, 0.1) is 28.6 Å². The van der Waals surface area contributed by atoms with Gasteiger partial charge in [-0.15, -0.1) is 0 Å². The summed E-state index contributed by atoms with van der Waals surface area (Å²) < 4.78 is -0.185. The molecule has 4 heteroatoms. The highest BCUT2D eigenvalue weighted by atomic mass is 79.9. The van der Waals surface area contributed by atoms with Crippen LogP contribution in [0.2, 0.25) is 0 Å². The topological polar surface area (TPSA) is 29.1 Å². The first kappa shape index (κ1) is 16.9. The second-order valence-corrected chi connectivity index (χ2v) is 13.1. The molecule has 5 aliphatic carbocycles. The standard InChI is InChI=1S/C19H29Br2NO/c1-3-4-15(22-16(23)17(2)11-19(17,20)21)18-8-12-5-13(9-18)7-14(6-12)10-18/h12-15H,3-11H2,1-2H3,(H,22,23). The first-order valence-corrected chi connectivity index (χ1v) is 11.1. The minimum Gasteiger partial charge on any atom is -0.352 e. The maximum Gasteiger partial charge on any atom is 0.228 e. The molecule has 1 N–H and O–H groups in total. The first-order chi connectivity index (χ1) is 10.8. The van der Waals surface area contributed by atoms with E-state index in [1.165, 1.54) is 38.5 Å². The van der Waals surface area contributed by atoms with Gasteiger partial charge < -0.3 is 5.32 Å². The van der Waals surface area contributed by atoms with Crippen LogP contribution < -0.4 is 5.32 Å². The van der Waals surface area contributed by atoms with Crippen LogP contribution in [0.3, 0.4) is 0 Å². The van der Waals surface area contributed by atoms with Crippen molar-refractivity contribution in [3.63, 3.8) is 0 Å². The van der Waals surface area contributed by atoms with Crippen molar-refractivity contribution in [2.75, 3.05) is 0 Å². The van der Waals surface area contributed by atoms with Gasteiger partial charge in [0, 0.05) is 6.04 Å². The lowest BCUT2D eigenvalue weighted by Crippen LogP contribution is -2.57. The number of nitrogens with one attached hydrogen (secondary N) is 1. The van der Waals surface area contributed by atoms with E-state index in [1.54, 1.807) is 0 Å². The minimum absolute atomic E-state index is 0.185. The fourth-order valence-corrected chi connectivity index (χ4v) is 7.87. The van der Waals surface area contributed by atoms with Crippen molar-refractivity contribution in [3.8, 4) is 0 Å². The molecule has 0 aromatic heterocycles. The number of rotatable bonds is 5. The fourth-order valence-electron chi connectivity index (χ4n) is 6.39. The quantitative estimate of drug-likeness (QED) is 0.564. The monoisotopic (exact) mass is 445 g/mol. The highest BCUT2D eigenvalue weighted by Gasteiger charge is 2.67. The van der Waals surface area contributed by atoms with E-state index >= 15 is 0 Å². The lowest BCUT2D eigenvalue weighted by atomic mass is 9.47. The van der Waals surface area contributed by atoms with E-state index in [9.17, 15) is 4.79 Å². The summed E-state index contributed by atoms with van der Waals surface area (Å²) in [5.74, 6) is 3.09. The van der Waals surface area contributed by atoms with Crippen LogP contribution in [-0.4, -0.2) is 15.2 Å². The van der Waals surface area contributed by atoms with Gasteiger partial charge in [-0.05, 0) is 81.5 Å². The Morgan fingerprint density at radius 1 is 1.13 bits per heavy atom. The average Bonchev–Trinajstić information content (AvgIpc) is 2.97. The molecule has 0 radical (unpaired) electrons. The summed E-state index contributed by atoms with van der Waals surface area (Å²) in [6, 6.07) is 0.390. The van der Waals surface area contributed by atoms with E-state index in [1.807, 2.05) is 0 Å².